The summed E-state index contributed by atoms with van der Waals surface area (Å²) in [4.78, 5) is 8.76. The van der Waals surface area contributed by atoms with E-state index in [2.05, 4.69) is 42.5 Å². The van der Waals surface area contributed by atoms with Gasteiger partial charge >= 0.3 is 6.18 Å². The molecule has 3 nitrogen and oxygen atoms in total. The van der Waals surface area contributed by atoms with Gasteiger partial charge in [0.2, 0.25) is 0 Å². The molecular weight excluding hydrogens is 351 g/mol. The van der Waals surface area contributed by atoms with Crippen molar-refractivity contribution in [3.05, 3.63) is 36.0 Å². The molecule has 0 amide bonds. The zero-order valence-corrected chi connectivity index (χ0v) is 16.8. The Bertz CT molecular complexity index is 739. The lowest BCUT2D eigenvalue weighted by molar-refractivity contribution is -0.137. The summed E-state index contributed by atoms with van der Waals surface area (Å²) in [5.41, 5.74) is 0.635. The molecule has 1 heterocycles. The van der Waals surface area contributed by atoms with Crippen LogP contribution in [0.2, 0.25) is 0 Å². The summed E-state index contributed by atoms with van der Waals surface area (Å²) in [6, 6.07) is 5.99. The van der Waals surface area contributed by atoms with Crippen LogP contribution in [0.3, 0.4) is 0 Å². The topological polar surface area (TPSA) is 19.4 Å². The highest BCUT2D eigenvalue weighted by Crippen LogP contribution is 2.34. The van der Waals surface area contributed by atoms with Gasteiger partial charge in [-0.3, -0.25) is 4.98 Å². The van der Waals surface area contributed by atoms with E-state index in [1.54, 1.807) is 12.3 Å². The number of hydrogen-bond acceptors (Lipinski definition) is 3. The average molecular weight is 381 g/mol. The fourth-order valence-corrected chi connectivity index (χ4v) is 3.49. The molecule has 2 aromatic rings. The maximum atomic E-state index is 13.0. The summed E-state index contributed by atoms with van der Waals surface area (Å²) < 4.78 is 39.1. The maximum absolute atomic E-state index is 13.0. The first kappa shape index (κ1) is 21.5. The lowest BCUT2D eigenvalue weighted by Gasteiger charge is -2.35. The number of halogens is 3. The van der Waals surface area contributed by atoms with Crippen molar-refractivity contribution < 1.29 is 13.2 Å². The Hall–Kier alpha value is -1.82. The van der Waals surface area contributed by atoms with Crippen molar-refractivity contribution in [3.63, 3.8) is 0 Å². The van der Waals surface area contributed by atoms with Crippen molar-refractivity contribution >= 4 is 16.6 Å². The fourth-order valence-electron chi connectivity index (χ4n) is 3.49. The molecule has 2 rings (SSSR count). The van der Waals surface area contributed by atoms with Crippen molar-refractivity contribution in [3.8, 4) is 0 Å². The van der Waals surface area contributed by atoms with Crippen LogP contribution < -0.4 is 4.90 Å². The molecule has 0 saturated carbocycles. The second-order valence-electron chi connectivity index (χ2n) is 7.44. The van der Waals surface area contributed by atoms with E-state index in [-0.39, 0.29) is 6.04 Å². The third-order valence-electron chi connectivity index (χ3n) is 5.08. The Morgan fingerprint density at radius 2 is 1.74 bits per heavy atom. The van der Waals surface area contributed by atoms with E-state index in [1.807, 2.05) is 13.1 Å². The number of anilines is 1. The molecule has 1 unspecified atom stereocenters. The number of rotatable bonds is 8. The molecule has 0 N–H and O–H groups in total. The van der Waals surface area contributed by atoms with Crippen LogP contribution in [-0.4, -0.2) is 42.6 Å². The molecule has 1 aromatic heterocycles. The Labute approximate surface area is 160 Å². The van der Waals surface area contributed by atoms with Gasteiger partial charge in [-0.05, 0) is 43.6 Å². The number of nitrogens with zero attached hydrogens (tertiary/aromatic N) is 3. The molecule has 0 bridgehead atoms. The molecule has 1 atom stereocenters. The molecular formula is C21H30F3N3. The largest absolute Gasteiger partial charge is 0.416 e. The normalized spacial score (nSPS) is 13.6. The van der Waals surface area contributed by atoms with E-state index in [9.17, 15) is 13.2 Å². The predicted molar refractivity (Wildman–Crippen MR) is 106 cm³/mol. The van der Waals surface area contributed by atoms with Crippen LogP contribution in [0, 0.1) is 5.92 Å². The monoisotopic (exact) mass is 381 g/mol. The average Bonchev–Trinajstić information content (AvgIpc) is 2.62. The maximum Gasteiger partial charge on any atom is 0.416 e. The molecule has 0 spiro atoms. The molecule has 0 aliphatic heterocycles. The number of alkyl halides is 3. The van der Waals surface area contributed by atoms with Crippen LogP contribution in [0.5, 0.6) is 0 Å². The van der Waals surface area contributed by atoms with Gasteiger partial charge in [-0.1, -0.05) is 33.8 Å². The summed E-state index contributed by atoms with van der Waals surface area (Å²) in [6.45, 7) is 11.6. The van der Waals surface area contributed by atoms with E-state index in [4.69, 9.17) is 0 Å². The summed E-state index contributed by atoms with van der Waals surface area (Å²) in [5.74, 6) is 0.526. The van der Waals surface area contributed by atoms with Crippen LogP contribution in [0.4, 0.5) is 18.9 Å². The fraction of sp³-hybridized carbons (Fsp3) is 0.571. The Morgan fingerprint density at radius 3 is 2.30 bits per heavy atom. The van der Waals surface area contributed by atoms with E-state index in [0.717, 1.165) is 49.3 Å². The van der Waals surface area contributed by atoms with Gasteiger partial charge in [0.05, 0.1) is 11.1 Å². The van der Waals surface area contributed by atoms with Crippen molar-refractivity contribution in [2.24, 2.45) is 5.92 Å². The third-order valence-corrected chi connectivity index (χ3v) is 5.08. The Balaban J connectivity index is 2.42. The number of aromatic nitrogens is 1. The smallest absolute Gasteiger partial charge is 0.370 e. The van der Waals surface area contributed by atoms with E-state index >= 15 is 0 Å². The van der Waals surface area contributed by atoms with E-state index in [0.29, 0.717) is 11.4 Å². The minimum absolute atomic E-state index is 0.276. The van der Waals surface area contributed by atoms with Gasteiger partial charge in [0.25, 0.3) is 0 Å². The van der Waals surface area contributed by atoms with Crippen molar-refractivity contribution in [1.29, 1.82) is 0 Å². The standard InChI is InChI=1S/C21H30F3N3/c1-6-27(7-2)14-17(12-15(3)4)26(5)20-10-11-25-19-13-16(21(22,23)24)8-9-18(19)20/h8-11,13,15,17H,6-7,12,14H2,1-5H3. The van der Waals surface area contributed by atoms with E-state index < -0.39 is 11.7 Å². The number of fused-ring (bicyclic) bond motifs is 1. The minimum atomic E-state index is -4.36. The Kier molecular flexibility index (Phi) is 7.09. The summed E-state index contributed by atoms with van der Waals surface area (Å²) in [6.07, 6.45) is -1.75. The molecule has 6 heteroatoms. The zero-order chi connectivity index (χ0) is 20.2. The van der Waals surface area contributed by atoms with Crippen LogP contribution in [0.1, 0.15) is 39.7 Å². The summed E-state index contributed by atoms with van der Waals surface area (Å²) in [5, 5.41) is 0.751. The van der Waals surface area contributed by atoms with Gasteiger partial charge in [0.15, 0.2) is 0 Å². The molecule has 0 fully saturated rings. The first-order valence-corrected chi connectivity index (χ1v) is 9.58. The first-order valence-electron chi connectivity index (χ1n) is 9.58. The van der Waals surface area contributed by atoms with Gasteiger partial charge in [0.1, 0.15) is 0 Å². The number of likely N-dealkylation sites (N-methyl/N-ethyl adjacent to an activating group) is 2. The van der Waals surface area contributed by atoms with E-state index in [1.165, 1.54) is 0 Å². The van der Waals surface area contributed by atoms with Gasteiger partial charge < -0.3 is 9.80 Å². The van der Waals surface area contributed by atoms with Gasteiger partial charge in [-0.15, -0.1) is 0 Å². The molecule has 150 valence electrons. The van der Waals surface area contributed by atoms with Crippen molar-refractivity contribution in [2.45, 2.75) is 46.3 Å². The molecule has 0 aliphatic carbocycles. The molecule has 0 radical (unpaired) electrons. The number of benzene rings is 1. The predicted octanol–water partition coefficient (Wildman–Crippen LogP) is 5.45. The number of pyridine rings is 1. The molecule has 0 saturated heterocycles. The second-order valence-corrected chi connectivity index (χ2v) is 7.44. The van der Waals surface area contributed by atoms with Crippen LogP contribution in [0.25, 0.3) is 10.9 Å². The molecule has 27 heavy (non-hydrogen) atoms. The number of hydrogen-bond donors (Lipinski definition) is 0. The lowest BCUT2D eigenvalue weighted by Crippen LogP contribution is -2.43. The molecule has 0 aliphatic rings. The van der Waals surface area contributed by atoms with Crippen LogP contribution >= 0.6 is 0 Å². The van der Waals surface area contributed by atoms with Gasteiger partial charge in [-0.2, -0.15) is 13.2 Å². The van der Waals surface area contributed by atoms with Crippen LogP contribution in [0.15, 0.2) is 30.5 Å². The second kappa shape index (κ2) is 8.91. The highest BCUT2D eigenvalue weighted by Gasteiger charge is 2.31. The lowest BCUT2D eigenvalue weighted by atomic mass is 10.0. The van der Waals surface area contributed by atoms with Crippen LogP contribution in [-0.2, 0) is 6.18 Å². The summed E-state index contributed by atoms with van der Waals surface area (Å²) >= 11 is 0. The SMILES string of the molecule is CCN(CC)CC(CC(C)C)N(C)c1ccnc2cc(C(F)(F)F)ccc12. The summed E-state index contributed by atoms with van der Waals surface area (Å²) in [7, 11) is 2.03. The Morgan fingerprint density at radius 1 is 1.07 bits per heavy atom. The highest BCUT2D eigenvalue weighted by atomic mass is 19.4. The first-order chi connectivity index (χ1) is 12.7. The van der Waals surface area contributed by atoms with Gasteiger partial charge in [0, 0.05) is 36.9 Å². The van der Waals surface area contributed by atoms with Crippen molar-refractivity contribution in [1.82, 2.24) is 9.88 Å². The third kappa shape index (κ3) is 5.34. The molecule has 1 aromatic carbocycles. The quantitative estimate of drug-likeness (QED) is 0.606. The van der Waals surface area contributed by atoms with Crippen molar-refractivity contribution in [2.75, 3.05) is 31.6 Å². The highest BCUT2D eigenvalue weighted by molar-refractivity contribution is 5.92. The van der Waals surface area contributed by atoms with Gasteiger partial charge in [-0.25, -0.2) is 0 Å². The minimum Gasteiger partial charge on any atom is -0.370 e. The zero-order valence-electron chi connectivity index (χ0n) is 16.8.